The predicted octanol–water partition coefficient (Wildman–Crippen LogP) is 1.06. The fourth-order valence-corrected chi connectivity index (χ4v) is 3.32. The largest absolute Gasteiger partial charge is 0.465 e. The summed E-state index contributed by atoms with van der Waals surface area (Å²) in [6, 6.07) is 5.33. The monoisotopic (exact) mass is 373 g/mol. The van der Waals surface area contributed by atoms with Crippen molar-refractivity contribution in [3.05, 3.63) is 29.8 Å². The quantitative estimate of drug-likeness (QED) is 0.566. The Bertz CT molecular complexity index is 670. The predicted molar refractivity (Wildman–Crippen MR) is 89.7 cm³/mol. The molecule has 1 aromatic carbocycles. The first-order chi connectivity index (χ1) is 11.9. The number of rotatable bonds is 10. The number of carbonyl (C=O) groups excluding carboxylic acids is 2. The van der Waals surface area contributed by atoms with Crippen molar-refractivity contribution in [2.24, 2.45) is 0 Å². The summed E-state index contributed by atoms with van der Waals surface area (Å²) in [5.41, 5.74) is 0.245. The van der Waals surface area contributed by atoms with Gasteiger partial charge in [0.1, 0.15) is 6.54 Å². The summed E-state index contributed by atoms with van der Waals surface area (Å²) in [7, 11) is -2.51. The van der Waals surface area contributed by atoms with Crippen molar-refractivity contribution in [3.8, 4) is 0 Å². The number of ether oxygens (including phenoxy) is 3. The van der Waals surface area contributed by atoms with E-state index in [-0.39, 0.29) is 36.8 Å². The van der Waals surface area contributed by atoms with Crippen LogP contribution in [0.15, 0.2) is 29.2 Å². The lowest BCUT2D eigenvalue weighted by Gasteiger charge is -2.21. The van der Waals surface area contributed by atoms with Gasteiger partial charge in [-0.25, -0.2) is 13.2 Å². The average molecular weight is 373 g/mol. The number of methoxy groups -OCH3 is 1. The first-order valence-electron chi connectivity index (χ1n) is 7.78. The Morgan fingerprint density at radius 3 is 2.16 bits per heavy atom. The van der Waals surface area contributed by atoms with Crippen LogP contribution in [0.2, 0.25) is 0 Å². The zero-order valence-corrected chi connectivity index (χ0v) is 15.4. The number of sulfonamides is 1. The van der Waals surface area contributed by atoms with E-state index in [2.05, 4.69) is 0 Å². The fourth-order valence-electron chi connectivity index (χ4n) is 1.95. The maximum Gasteiger partial charge on any atom is 0.338 e. The molecular weight excluding hydrogens is 350 g/mol. The lowest BCUT2D eigenvalue weighted by molar-refractivity contribution is -0.143. The van der Waals surface area contributed by atoms with Crippen LogP contribution in [0.5, 0.6) is 0 Å². The van der Waals surface area contributed by atoms with Crippen LogP contribution in [0.4, 0.5) is 0 Å². The molecule has 0 aliphatic carbocycles. The maximum absolute atomic E-state index is 12.7. The highest BCUT2D eigenvalue weighted by molar-refractivity contribution is 7.89. The minimum absolute atomic E-state index is 0.00270. The van der Waals surface area contributed by atoms with E-state index in [0.29, 0.717) is 0 Å². The summed E-state index contributed by atoms with van der Waals surface area (Å²) in [6.07, 6.45) is 0. The minimum atomic E-state index is -3.94. The van der Waals surface area contributed by atoms with Gasteiger partial charge in [-0.2, -0.15) is 4.31 Å². The van der Waals surface area contributed by atoms with Crippen LogP contribution in [-0.4, -0.2) is 64.7 Å². The van der Waals surface area contributed by atoms with Crippen molar-refractivity contribution < 1.29 is 32.2 Å². The Morgan fingerprint density at radius 1 is 1.04 bits per heavy atom. The van der Waals surface area contributed by atoms with Crippen LogP contribution in [0.25, 0.3) is 0 Å². The second-order valence-electron chi connectivity index (χ2n) is 4.88. The third kappa shape index (κ3) is 6.11. The molecule has 0 amide bonds. The number of hydrogen-bond donors (Lipinski definition) is 0. The van der Waals surface area contributed by atoms with E-state index < -0.39 is 28.5 Å². The highest BCUT2D eigenvalue weighted by atomic mass is 32.2. The molecule has 1 aromatic rings. The molecule has 0 bridgehead atoms. The molecule has 1 rings (SSSR count). The maximum atomic E-state index is 12.7. The highest BCUT2D eigenvalue weighted by Crippen LogP contribution is 2.17. The second-order valence-corrected chi connectivity index (χ2v) is 6.82. The fraction of sp³-hybridized carbons (Fsp3) is 0.500. The normalized spacial score (nSPS) is 11.4. The molecule has 0 aliphatic heterocycles. The summed E-state index contributed by atoms with van der Waals surface area (Å²) in [4.78, 5) is 23.3. The number of hydrogen-bond acceptors (Lipinski definition) is 7. The van der Waals surface area contributed by atoms with Gasteiger partial charge in [-0.05, 0) is 38.1 Å². The number of carbonyl (C=O) groups is 2. The van der Waals surface area contributed by atoms with Gasteiger partial charge in [-0.1, -0.05) is 0 Å². The third-order valence-electron chi connectivity index (χ3n) is 3.16. The molecular formula is C16H23NO7S. The van der Waals surface area contributed by atoms with E-state index in [1.165, 1.54) is 31.4 Å². The first-order valence-corrected chi connectivity index (χ1v) is 9.22. The molecule has 0 heterocycles. The van der Waals surface area contributed by atoms with Gasteiger partial charge in [0.15, 0.2) is 0 Å². The summed E-state index contributed by atoms with van der Waals surface area (Å²) in [6.45, 7) is 3.41. The highest BCUT2D eigenvalue weighted by Gasteiger charge is 2.27. The average Bonchev–Trinajstić information content (AvgIpc) is 2.59. The zero-order valence-electron chi connectivity index (χ0n) is 14.6. The zero-order chi connectivity index (χ0) is 18.9. The van der Waals surface area contributed by atoms with E-state index in [9.17, 15) is 18.0 Å². The molecule has 0 fully saturated rings. The third-order valence-corrected chi connectivity index (χ3v) is 5.02. The van der Waals surface area contributed by atoms with Crippen LogP contribution >= 0.6 is 0 Å². The van der Waals surface area contributed by atoms with E-state index in [1.807, 2.05) is 0 Å². The smallest absolute Gasteiger partial charge is 0.338 e. The SMILES string of the molecule is CCOC(=O)CN(CCOC)S(=O)(=O)c1ccc(C(=O)OCC)cc1. The molecule has 25 heavy (non-hydrogen) atoms. The van der Waals surface area contributed by atoms with Crippen molar-refractivity contribution in [2.75, 3.05) is 40.0 Å². The van der Waals surface area contributed by atoms with Crippen molar-refractivity contribution in [1.82, 2.24) is 4.31 Å². The van der Waals surface area contributed by atoms with Crippen molar-refractivity contribution in [3.63, 3.8) is 0 Å². The Balaban J connectivity index is 3.03. The molecule has 0 aliphatic rings. The van der Waals surface area contributed by atoms with Crippen LogP contribution in [0, 0.1) is 0 Å². The molecule has 9 heteroatoms. The Labute approximate surface area is 147 Å². The van der Waals surface area contributed by atoms with Gasteiger partial charge in [0.25, 0.3) is 0 Å². The van der Waals surface area contributed by atoms with Gasteiger partial charge < -0.3 is 14.2 Å². The molecule has 0 atom stereocenters. The molecule has 140 valence electrons. The van der Waals surface area contributed by atoms with Gasteiger partial charge in [0, 0.05) is 13.7 Å². The molecule has 8 nitrogen and oxygen atoms in total. The van der Waals surface area contributed by atoms with Crippen LogP contribution in [-0.2, 0) is 29.0 Å². The van der Waals surface area contributed by atoms with Crippen LogP contribution < -0.4 is 0 Å². The Hall–Kier alpha value is -1.97. The molecule has 0 aromatic heterocycles. The Kier molecular flexibility index (Phi) is 8.53. The van der Waals surface area contributed by atoms with E-state index in [4.69, 9.17) is 14.2 Å². The van der Waals surface area contributed by atoms with Crippen LogP contribution in [0.3, 0.4) is 0 Å². The Morgan fingerprint density at radius 2 is 1.64 bits per heavy atom. The topological polar surface area (TPSA) is 99.2 Å². The molecule has 0 spiro atoms. The van der Waals surface area contributed by atoms with Gasteiger partial charge >= 0.3 is 11.9 Å². The van der Waals surface area contributed by atoms with Gasteiger partial charge in [0.05, 0.1) is 30.3 Å². The summed E-state index contributed by atoms with van der Waals surface area (Å²) >= 11 is 0. The van der Waals surface area contributed by atoms with Gasteiger partial charge in [-0.15, -0.1) is 0 Å². The van der Waals surface area contributed by atoms with Crippen molar-refractivity contribution >= 4 is 22.0 Å². The van der Waals surface area contributed by atoms with Gasteiger partial charge in [0.2, 0.25) is 10.0 Å². The van der Waals surface area contributed by atoms with Crippen molar-refractivity contribution in [1.29, 1.82) is 0 Å². The molecule has 0 N–H and O–H groups in total. The second kappa shape index (κ2) is 10.1. The lowest BCUT2D eigenvalue weighted by Crippen LogP contribution is -2.38. The van der Waals surface area contributed by atoms with E-state index in [1.54, 1.807) is 13.8 Å². The van der Waals surface area contributed by atoms with Crippen molar-refractivity contribution in [2.45, 2.75) is 18.7 Å². The number of nitrogens with zero attached hydrogens (tertiary/aromatic N) is 1. The molecule has 0 unspecified atom stereocenters. The minimum Gasteiger partial charge on any atom is -0.465 e. The van der Waals surface area contributed by atoms with E-state index >= 15 is 0 Å². The van der Waals surface area contributed by atoms with Gasteiger partial charge in [-0.3, -0.25) is 4.79 Å². The summed E-state index contributed by atoms with van der Waals surface area (Å²) in [5.74, 6) is -1.18. The lowest BCUT2D eigenvalue weighted by atomic mass is 10.2. The number of esters is 2. The summed E-state index contributed by atoms with van der Waals surface area (Å²) < 4.78 is 41.0. The molecule has 0 radical (unpaired) electrons. The van der Waals surface area contributed by atoms with Crippen LogP contribution in [0.1, 0.15) is 24.2 Å². The molecule has 0 saturated carbocycles. The van der Waals surface area contributed by atoms with E-state index in [0.717, 1.165) is 4.31 Å². The summed E-state index contributed by atoms with van der Waals surface area (Å²) in [5, 5.41) is 0. The number of benzene rings is 1. The molecule has 0 saturated heterocycles. The first kappa shape index (κ1) is 21.1. The standard InChI is InChI=1S/C16H23NO7S/c1-4-23-15(18)12-17(10-11-22-3)25(20,21)14-8-6-13(7-9-14)16(19)24-5-2/h6-9H,4-5,10-12H2,1-3H3.